The fraction of sp³-hybridized carbons (Fsp3) is 0.304. The van der Waals surface area contributed by atoms with Crippen LogP contribution < -0.4 is 10.1 Å². The topological polar surface area (TPSA) is 97.8 Å². The lowest BCUT2D eigenvalue weighted by atomic mass is 10.1. The molecule has 33 heavy (non-hydrogen) atoms. The van der Waals surface area contributed by atoms with Crippen LogP contribution in [0.1, 0.15) is 12.0 Å². The van der Waals surface area contributed by atoms with Crippen molar-refractivity contribution in [2.24, 2.45) is 0 Å². The summed E-state index contributed by atoms with van der Waals surface area (Å²) in [6.07, 6.45) is 0.758. The van der Waals surface area contributed by atoms with Crippen molar-refractivity contribution in [3.05, 3.63) is 59.5 Å². The molecule has 4 rings (SSSR count). The molecule has 0 unspecified atom stereocenters. The van der Waals surface area contributed by atoms with Gasteiger partial charge in [-0.15, -0.1) is 11.3 Å². The number of aromatic nitrogens is 1. The molecule has 2 heterocycles. The van der Waals surface area contributed by atoms with Crippen molar-refractivity contribution in [2.75, 3.05) is 38.7 Å². The molecule has 174 valence electrons. The number of nitrogens with zero attached hydrogens (tertiary/aromatic N) is 2. The zero-order valence-electron chi connectivity index (χ0n) is 18.2. The third kappa shape index (κ3) is 5.59. The second-order valence-corrected chi connectivity index (χ2v) is 10.2. The number of sulfonamides is 1. The molecule has 0 saturated carbocycles. The van der Waals surface area contributed by atoms with Crippen LogP contribution in [0.3, 0.4) is 0 Å². The van der Waals surface area contributed by atoms with E-state index in [1.807, 2.05) is 29.6 Å². The Morgan fingerprint density at radius 1 is 1.15 bits per heavy atom. The molecule has 1 amide bonds. The minimum absolute atomic E-state index is 0.152. The number of aryl methyl sites for hydroxylation is 1. The van der Waals surface area contributed by atoms with E-state index in [9.17, 15) is 13.2 Å². The summed E-state index contributed by atoms with van der Waals surface area (Å²) in [4.78, 5) is 17.2. The molecule has 1 aromatic heterocycles. The van der Waals surface area contributed by atoms with Gasteiger partial charge in [0.25, 0.3) is 0 Å². The Hall–Kier alpha value is -2.79. The van der Waals surface area contributed by atoms with E-state index in [4.69, 9.17) is 9.47 Å². The average molecular weight is 488 g/mol. The highest BCUT2D eigenvalue weighted by Gasteiger charge is 2.26. The third-order valence-electron chi connectivity index (χ3n) is 5.31. The lowest BCUT2D eigenvalue weighted by Crippen LogP contribution is -2.40. The number of methoxy groups -OCH3 is 1. The first-order chi connectivity index (χ1) is 16.0. The number of morpholine rings is 1. The van der Waals surface area contributed by atoms with E-state index in [0.717, 1.165) is 22.6 Å². The summed E-state index contributed by atoms with van der Waals surface area (Å²) in [6.45, 7) is 1.54. The highest BCUT2D eigenvalue weighted by Crippen LogP contribution is 2.31. The maximum absolute atomic E-state index is 12.7. The number of ether oxygens (including phenoxy) is 2. The van der Waals surface area contributed by atoms with Crippen molar-refractivity contribution in [2.45, 2.75) is 17.7 Å². The summed E-state index contributed by atoms with van der Waals surface area (Å²) < 4.78 is 37.4. The lowest BCUT2D eigenvalue weighted by molar-refractivity contribution is -0.116. The Morgan fingerprint density at radius 3 is 2.61 bits per heavy atom. The fourth-order valence-corrected chi connectivity index (χ4v) is 5.65. The number of thiazole rings is 1. The largest absolute Gasteiger partial charge is 0.496 e. The van der Waals surface area contributed by atoms with Crippen LogP contribution in [0.2, 0.25) is 0 Å². The molecule has 0 radical (unpaired) electrons. The fourth-order valence-electron chi connectivity index (χ4n) is 3.51. The molecule has 0 bridgehead atoms. The Labute approximate surface area is 197 Å². The normalized spacial score (nSPS) is 14.7. The molecule has 2 aromatic carbocycles. The van der Waals surface area contributed by atoms with Gasteiger partial charge in [-0.05, 0) is 36.2 Å². The first-order valence-corrected chi connectivity index (χ1v) is 12.8. The SMILES string of the molecule is COc1ccccc1-c1csc(NC(=O)CCc2ccc(S(=O)(=O)N3CCOCC3)cc2)n1. The molecule has 3 aromatic rings. The molecule has 1 aliphatic heterocycles. The number of carbonyl (C=O) groups excluding carboxylic acids is 1. The summed E-state index contributed by atoms with van der Waals surface area (Å²) in [7, 11) is -1.91. The molecule has 0 atom stereocenters. The molecule has 1 aliphatic rings. The van der Waals surface area contributed by atoms with Crippen molar-refractivity contribution < 1.29 is 22.7 Å². The molecular formula is C23H25N3O5S2. The molecule has 1 saturated heterocycles. The molecule has 0 spiro atoms. The van der Waals surface area contributed by atoms with Gasteiger partial charge in [0.15, 0.2) is 5.13 Å². The van der Waals surface area contributed by atoms with E-state index in [2.05, 4.69) is 10.3 Å². The predicted octanol–water partition coefficient (Wildman–Crippen LogP) is 3.41. The van der Waals surface area contributed by atoms with E-state index in [-0.39, 0.29) is 17.2 Å². The van der Waals surface area contributed by atoms with Gasteiger partial charge in [0.1, 0.15) is 5.75 Å². The zero-order chi connectivity index (χ0) is 23.3. The number of hydrogen-bond donors (Lipinski definition) is 1. The minimum Gasteiger partial charge on any atom is -0.496 e. The highest BCUT2D eigenvalue weighted by molar-refractivity contribution is 7.89. The quantitative estimate of drug-likeness (QED) is 0.523. The molecular weight excluding hydrogens is 462 g/mol. The van der Waals surface area contributed by atoms with Gasteiger partial charge >= 0.3 is 0 Å². The van der Waals surface area contributed by atoms with Gasteiger partial charge in [-0.2, -0.15) is 4.31 Å². The van der Waals surface area contributed by atoms with Crippen LogP contribution in [0.4, 0.5) is 5.13 Å². The Kier molecular flexibility index (Phi) is 7.39. The number of rotatable bonds is 8. The first kappa shape index (κ1) is 23.4. The average Bonchev–Trinajstić information content (AvgIpc) is 3.31. The Balaban J connectivity index is 1.33. The van der Waals surface area contributed by atoms with E-state index in [1.54, 1.807) is 31.4 Å². The number of benzene rings is 2. The molecule has 1 N–H and O–H groups in total. The second kappa shape index (κ2) is 10.4. The van der Waals surface area contributed by atoms with Gasteiger partial charge in [-0.25, -0.2) is 13.4 Å². The molecule has 0 aliphatic carbocycles. The van der Waals surface area contributed by atoms with E-state index in [0.29, 0.717) is 37.9 Å². The van der Waals surface area contributed by atoms with Gasteiger partial charge in [-0.3, -0.25) is 4.79 Å². The number of para-hydroxylation sites is 1. The summed E-state index contributed by atoms with van der Waals surface area (Å²) in [5.41, 5.74) is 2.49. The van der Waals surface area contributed by atoms with Gasteiger partial charge in [0, 0.05) is 30.5 Å². The number of nitrogens with one attached hydrogen (secondary N) is 1. The molecule has 1 fully saturated rings. The zero-order valence-corrected chi connectivity index (χ0v) is 19.8. The van der Waals surface area contributed by atoms with Crippen LogP contribution in [0, 0.1) is 0 Å². The van der Waals surface area contributed by atoms with Crippen LogP contribution in [0.25, 0.3) is 11.3 Å². The number of anilines is 1. The van der Waals surface area contributed by atoms with E-state index in [1.165, 1.54) is 15.6 Å². The first-order valence-electron chi connectivity index (χ1n) is 10.5. The van der Waals surface area contributed by atoms with Crippen molar-refractivity contribution in [1.29, 1.82) is 0 Å². The minimum atomic E-state index is -3.52. The third-order valence-corrected chi connectivity index (χ3v) is 7.98. The van der Waals surface area contributed by atoms with Gasteiger partial charge in [-0.1, -0.05) is 24.3 Å². The van der Waals surface area contributed by atoms with Crippen molar-refractivity contribution in [1.82, 2.24) is 9.29 Å². The van der Waals surface area contributed by atoms with E-state index >= 15 is 0 Å². The van der Waals surface area contributed by atoms with Crippen molar-refractivity contribution >= 4 is 32.4 Å². The molecule has 8 nitrogen and oxygen atoms in total. The predicted molar refractivity (Wildman–Crippen MR) is 127 cm³/mol. The van der Waals surface area contributed by atoms with Crippen LogP contribution in [-0.4, -0.2) is 57.0 Å². The smallest absolute Gasteiger partial charge is 0.243 e. The van der Waals surface area contributed by atoms with Crippen molar-refractivity contribution in [3.63, 3.8) is 0 Å². The molecule has 10 heteroatoms. The van der Waals surface area contributed by atoms with Crippen LogP contribution >= 0.6 is 11.3 Å². The van der Waals surface area contributed by atoms with E-state index < -0.39 is 10.0 Å². The van der Waals surface area contributed by atoms with Gasteiger partial charge in [0.2, 0.25) is 15.9 Å². The lowest BCUT2D eigenvalue weighted by Gasteiger charge is -2.26. The summed E-state index contributed by atoms with van der Waals surface area (Å²) in [5.74, 6) is 0.570. The maximum atomic E-state index is 12.7. The Bertz CT molecular complexity index is 1200. The number of carbonyl (C=O) groups is 1. The highest BCUT2D eigenvalue weighted by atomic mass is 32.2. The summed E-state index contributed by atoms with van der Waals surface area (Å²) in [6, 6.07) is 14.3. The van der Waals surface area contributed by atoms with Crippen LogP contribution in [0.15, 0.2) is 58.8 Å². The maximum Gasteiger partial charge on any atom is 0.243 e. The number of amides is 1. The van der Waals surface area contributed by atoms with Crippen LogP contribution in [-0.2, 0) is 26.0 Å². The van der Waals surface area contributed by atoms with Crippen LogP contribution in [0.5, 0.6) is 5.75 Å². The van der Waals surface area contributed by atoms with Crippen molar-refractivity contribution in [3.8, 4) is 17.0 Å². The second-order valence-electron chi connectivity index (χ2n) is 7.45. The standard InChI is InChI=1S/C23H25N3O5S2/c1-30-21-5-3-2-4-19(21)20-16-32-23(24-20)25-22(27)11-8-17-6-9-18(10-7-17)33(28,29)26-12-14-31-15-13-26/h2-7,9-10,16H,8,11-15H2,1H3,(H,24,25,27). The summed E-state index contributed by atoms with van der Waals surface area (Å²) in [5, 5.41) is 5.23. The Morgan fingerprint density at radius 2 is 1.88 bits per heavy atom. The number of hydrogen-bond acceptors (Lipinski definition) is 7. The monoisotopic (exact) mass is 487 g/mol. The van der Waals surface area contributed by atoms with Gasteiger partial charge < -0.3 is 14.8 Å². The van der Waals surface area contributed by atoms with Gasteiger partial charge in [0.05, 0.1) is 30.9 Å². The summed E-state index contributed by atoms with van der Waals surface area (Å²) >= 11 is 1.35.